The van der Waals surface area contributed by atoms with E-state index in [1.807, 2.05) is 24.3 Å². The predicted molar refractivity (Wildman–Crippen MR) is 80.9 cm³/mol. The summed E-state index contributed by atoms with van der Waals surface area (Å²) in [5.74, 6) is 0. The van der Waals surface area contributed by atoms with Gasteiger partial charge >= 0.3 is 0 Å². The maximum atomic E-state index is 6.14. The Labute approximate surface area is 120 Å². The first kappa shape index (κ1) is 12.4. The highest BCUT2D eigenvalue weighted by Crippen LogP contribution is 2.31. The first-order valence-corrected chi connectivity index (χ1v) is 7.13. The number of benzene rings is 1. The fraction of sp³-hybridized carbons (Fsp3) is 0.143. The average Bonchev–Trinajstić information content (AvgIpc) is 2.82. The first-order valence-electron chi connectivity index (χ1n) is 5.93. The van der Waals surface area contributed by atoms with Gasteiger partial charge in [0.1, 0.15) is 0 Å². The minimum absolute atomic E-state index is 0.671. The van der Waals surface area contributed by atoms with Crippen LogP contribution in [0.2, 0.25) is 5.02 Å². The van der Waals surface area contributed by atoms with Gasteiger partial charge in [0.05, 0.1) is 27.5 Å². The van der Waals surface area contributed by atoms with Crippen LogP contribution in [0.4, 0.5) is 5.13 Å². The van der Waals surface area contributed by atoms with Crippen LogP contribution in [0, 0.1) is 6.92 Å². The molecule has 3 aromatic rings. The molecule has 1 N–H and O–H groups in total. The number of halogens is 1. The van der Waals surface area contributed by atoms with Crippen molar-refractivity contribution in [3.05, 3.63) is 52.8 Å². The molecule has 2 aromatic heterocycles. The van der Waals surface area contributed by atoms with E-state index in [1.165, 1.54) is 5.56 Å². The van der Waals surface area contributed by atoms with Crippen LogP contribution in [0.5, 0.6) is 0 Å². The van der Waals surface area contributed by atoms with E-state index in [-0.39, 0.29) is 0 Å². The largest absolute Gasteiger partial charge is 0.356 e. The van der Waals surface area contributed by atoms with E-state index in [9.17, 15) is 0 Å². The molecule has 0 fully saturated rings. The van der Waals surface area contributed by atoms with Crippen molar-refractivity contribution in [2.75, 3.05) is 5.32 Å². The molecule has 0 radical (unpaired) electrons. The van der Waals surface area contributed by atoms with E-state index in [0.29, 0.717) is 6.54 Å². The Morgan fingerprint density at radius 2 is 2.16 bits per heavy atom. The fourth-order valence-electron chi connectivity index (χ4n) is 1.85. The van der Waals surface area contributed by atoms with Crippen LogP contribution in [0.15, 0.2) is 36.5 Å². The first-order chi connectivity index (χ1) is 9.24. The number of aryl methyl sites for hydroxylation is 1. The molecular weight excluding hydrogens is 278 g/mol. The number of nitrogens with zero attached hydrogens (tertiary/aromatic N) is 2. The summed E-state index contributed by atoms with van der Waals surface area (Å²) in [6.07, 6.45) is 1.80. The summed E-state index contributed by atoms with van der Waals surface area (Å²) in [5, 5.41) is 4.92. The molecule has 0 spiro atoms. The second-order valence-corrected chi connectivity index (χ2v) is 5.63. The lowest BCUT2D eigenvalue weighted by Crippen LogP contribution is -2.02. The Hall–Kier alpha value is -1.65. The molecule has 2 heterocycles. The molecule has 0 aliphatic rings. The molecule has 0 amide bonds. The van der Waals surface area contributed by atoms with E-state index < -0.39 is 0 Å². The molecular formula is C14H12ClN3S. The minimum Gasteiger partial charge on any atom is -0.356 e. The van der Waals surface area contributed by atoms with Crippen molar-refractivity contribution in [3.63, 3.8) is 0 Å². The zero-order valence-corrected chi connectivity index (χ0v) is 11.9. The van der Waals surface area contributed by atoms with Gasteiger partial charge in [-0.2, -0.15) is 0 Å². The van der Waals surface area contributed by atoms with Crippen molar-refractivity contribution < 1.29 is 0 Å². The molecule has 0 aliphatic carbocycles. The highest BCUT2D eigenvalue weighted by atomic mass is 35.5. The van der Waals surface area contributed by atoms with Crippen molar-refractivity contribution in [2.24, 2.45) is 0 Å². The Morgan fingerprint density at radius 1 is 1.26 bits per heavy atom. The van der Waals surface area contributed by atoms with E-state index in [2.05, 4.69) is 28.3 Å². The van der Waals surface area contributed by atoms with Gasteiger partial charge in [0.25, 0.3) is 0 Å². The van der Waals surface area contributed by atoms with Gasteiger partial charge in [-0.15, -0.1) is 0 Å². The molecule has 0 aliphatic heterocycles. The Morgan fingerprint density at radius 3 is 2.95 bits per heavy atom. The third kappa shape index (κ3) is 2.55. The van der Waals surface area contributed by atoms with Crippen LogP contribution in [0.1, 0.15) is 11.3 Å². The Kier molecular flexibility index (Phi) is 3.36. The van der Waals surface area contributed by atoms with E-state index in [4.69, 9.17) is 11.6 Å². The van der Waals surface area contributed by atoms with Gasteiger partial charge in [0, 0.05) is 6.20 Å². The monoisotopic (exact) mass is 289 g/mol. The molecule has 3 nitrogen and oxygen atoms in total. The Bertz CT molecular complexity index is 724. The summed E-state index contributed by atoms with van der Waals surface area (Å²) in [7, 11) is 0. The maximum Gasteiger partial charge on any atom is 0.184 e. The molecule has 5 heteroatoms. The quantitative estimate of drug-likeness (QED) is 0.782. The van der Waals surface area contributed by atoms with Gasteiger partial charge in [-0.25, -0.2) is 4.98 Å². The second-order valence-electron chi connectivity index (χ2n) is 4.23. The van der Waals surface area contributed by atoms with Gasteiger partial charge in [0.15, 0.2) is 5.13 Å². The highest BCUT2D eigenvalue weighted by molar-refractivity contribution is 7.22. The van der Waals surface area contributed by atoms with Crippen LogP contribution in [-0.4, -0.2) is 9.97 Å². The van der Waals surface area contributed by atoms with Crippen LogP contribution in [0.3, 0.4) is 0 Å². The lowest BCUT2D eigenvalue weighted by molar-refractivity contribution is 1.02. The molecule has 96 valence electrons. The van der Waals surface area contributed by atoms with Crippen molar-refractivity contribution >= 4 is 38.3 Å². The summed E-state index contributed by atoms with van der Waals surface area (Å²) in [6.45, 7) is 2.73. The molecule has 0 saturated heterocycles. The summed E-state index contributed by atoms with van der Waals surface area (Å²) in [6, 6.07) is 9.76. The van der Waals surface area contributed by atoms with Crippen molar-refractivity contribution in [3.8, 4) is 0 Å². The topological polar surface area (TPSA) is 37.8 Å². The maximum absolute atomic E-state index is 6.14. The van der Waals surface area contributed by atoms with Gasteiger partial charge in [-0.05, 0) is 30.7 Å². The lowest BCUT2D eigenvalue weighted by Gasteiger charge is -2.04. The minimum atomic E-state index is 0.671. The lowest BCUT2D eigenvalue weighted by atomic mass is 10.2. The standard InChI is InChI=1S/C14H12ClN3S/c1-9-4-3-7-16-12(9)8-17-14-18-11-6-2-5-10(15)13(11)19-14/h2-7H,8H2,1H3,(H,17,18). The number of anilines is 1. The molecule has 0 saturated carbocycles. The number of pyridine rings is 1. The zero-order valence-electron chi connectivity index (χ0n) is 10.4. The third-order valence-electron chi connectivity index (χ3n) is 2.89. The number of fused-ring (bicyclic) bond motifs is 1. The van der Waals surface area contributed by atoms with Crippen molar-refractivity contribution in [1.29, 1.82) is 0 Å². The highest BCUT2D eigenvalue weighted by Gasteiger charge is 2.07. The molecule has 3 rings (SSSR count). The Balaban J connectivity index is 1.83. The molecule has 0 atom stereocenters. The zero-order chi connectivity index (χ0) is 13.2. The molecule has 0 unspecified atom stereocenters. The molecule has 1 aromatic carbocycles. The number of nitrogens with one attached hydrogen (secondary N) is 1. The summed E-state index contributed by atoms with van der Waals surface area (Å²) < 4.78 is 1.02. The summed E-state index contributed by atoms with van der Waals surface area (Å²) in [4.78, 5) is 8.87. The van der Waals surface area contributed by atoms with Crippen molar-refractivity contribution in [1.82, 2.24) is 9.97 Å². The smallest absolute Gasteiger partial charge is 0.184 e. The summed E-state index contributed by atoms with van der Waals surface area (Å²) in [5.41, 5.74) is 3.14. The van der Waals surface area contributed by atoms with Crippen LogP contribution in [0.25, 0.3) is 10.2 Å². The number of hydrogen-bond donors (Lipinski definition) is 1. The molecule has 19 heavy (non-hydrogen) atoms. The third-order valence-corrected chi connectivity index (χ3v) is 4.38. The van der Waals surface area contributed by atoms with Crippen LogP contribution < -0.4 is 5.32 Å². The fourth-order valence-corrected chi connectivity index (χ4v) is 3.00. The second kappa shape index (κ2) is 5.15. The van der Waals surface area contributed by atoms with Gasteiger partial charge < -0.3 is 5.32 Å². The number of thiazole rings is 1. The average molecular weight is 290 g/mol. The van der Waals surface area contributed by atoms with Crippen molar-refractivity contribution in [2.45, 2.75) is 13.5 Å². The summed E-state index contributed by atoms with van der Waals surface area (Å²) >= 11 is 7.71. The number of hydrogen-bond acceptors (Lipinski definition) is 4. The van der Waals surface area contributed by atoms with Gasteiger partial charge in [-0.3, -0.25) is 4.98 Å². The normalized spacial score (nSPS) is 10.8. The number of aromatic nitrogens is 2. The van der Waals surface area contributed by atoms with E-state index >= 15 is 0 Å². The van der Waals surface area contributed by atoms with E-state index in [0.717, 1.165) is 26.1 Å². The van der Waals surface area contributed by atoms with Crippen LogP contribution in [-0.2, 0) is 6.54 Å². The number of rotatable bonds is 3. The van der Waals surface area contributed by atoms with Crippen LogP contribution >= 0.6 is 22.9 Å². The SMILES string of the molecule is Cc1cccnc1CNc1nc2cccc(Cl)c2s1. The molecule has 0 bridgehead atoms. The van der Waals surface area contributed by atoms with E-state index in [1.54, 1.807) is 17.5 Å². The van der Waals surface area contributed by atoms with Gasteiger partial charge in [-0.1, -0.05) is 35.1 Å². The van der Waals surface area contributed by atoms with Gasteiger partial charge in [0.2, 0.25) is 0 Å². The predicted octanol–water partition coefficient (Wildman–Crippen LogP) is 4.27.